The number of rotatable bonds is 7. The maximum absolute atomic E-state index is 12.6. The predicted molar refractivity (Wildman–Crippen MR) is 129 cm³/mol. The predicted octanol–water partition coefficient (Wildman–Crippen LogP) is 4.02. The largest absolute Gasteiger partial charge is 0.352 e. The fourth-order valence-corrected chi connectivity index (χ4v) is 4.37. The van der Waals surface area contributed by atoms with E-state index in [4.69, 9.17) is 5.10 Å². The van der Waals surface area contributed by atoms with E-state index in [0.29, 0.717) is 16.8 Å². The van der Waals surface area contributed by atoms with E-state index in [2.05, 4.69) is 10.3 Å². The molecule has 5 rings (SSSR count). The first-order valence-corrected chi connectivity index (χ1v) is 11.5. The lowest BCUT2D eigenvalue weighted by molar-refractivity contribution is -0.121. The molecule has 0 aliphatic heterocycles. The average Bonchev–Trinajstić information content (AvgIpc) is 3.51. The normalized spacial score (nSPS) is 11.0. The third kappa shape index (κ3) is 4.47. The number of carbonyl (C=O) groups is 1. The number of amides is 1. The standard InChI is InChI=1S/C25H21N5O2S/c31-22(11-13-29-17-27-24-21(25(29)32)12-14-33-24)26-15-19-16-30(20-9-5-2-6-10-20)28-23(19)18-7-3-1-4-8-18/h1-10,12,14,16-17H,11,13,15H2,(H,26,31). The van der Waals surface area contributed by atoms with Gasteiger partial charge in [-0.25, -0.2) is 9.67 Å². The van der Waals surface area contributed by atoms with E-state index in [1.54, 1.807) is 6.07 Å². The lowest BCUT2D eigenvalue weighted by atomic mass is 10.1. The first-order chi connectivity index (χ1) is 16.2. The van der Waals surface area contributed by atoms with Crippen molar-refractivity contribution >= 4 is 27.5 Å². The zero-order valence-electron chi connectivity index (χ0n) is 17.7. The van der Waals surface area contributed by atoms with Gasteiger partial charge in [-0.05, 0) is 23.6 Å². The minimum Gasteiger partial charge on any atom is -0.352 e. The van der Waals surface area contributed by atoms with Gasteiger partial charge < -0.3 is 5.32 Å². The minimum absolute atomic E-state index is 0.121. The summed E-state index contributed by atoms with van der Waals surface area (Å²) in [5, 5.41) is 10.2. The number of aromatic nitrogens is 4. The van der Waals surface area contributed by atoms with E-state index in [-0.39, 0.29) is 24.4 Å². The Morgan fingerprint density at radius 1 is 1.00 bits per heavy atom. The quantitative estimate of drug-likeness (QED) is 0.402. The van der Waals surface area contributed by atoms with Crippen molar-refractivity contribution in [2.24, 2.45) is 0 Å². The van der Waals surface area contributed by atoms with E-state index < -0.39 is 0 Å². The molecule has 0 aliphatic rings. The molecule has 8 heteroatoms. The van der Waals surface area contributed by atoms with Crippen molar-refractivity contribution in [3.8, 4) is 16.9 Å². The summed E-state index contributed by atoms with van der Waals surface area (Å²) in [7, 11) is 0. The molecule has 0 saturated carbocycles. The average molecular weight is 456 g/mol. The molecule has 0 radical (unpaired) electrons. The van der Waals surface area contributed by atoms with Crippen LogP contribution in [0.25, 0.3) is 27.2 Å². The number of para-hydroxylation sites is 1. The maximum atomic E-state index is 12.6. The van der Waals surface area contributed by atoms with Crippen LogP contribution in [-0.2, 0) is 17.9 Å². The third-order valence-corrected chi connectivity index (χ3v) is 6.18. The topological polar surface area (TPSA) is 81.8 Å². The van der Waals surface area contributed by atoms with Gasteiger partial charge >= 0.3 is 0 Å². The molecule has 0 unspecified atom stereocenters. The molecule has 0 atom stereocenters. The van der Waals surface area contributed by atoms with Crippen molar-refractivity contribution in [3.63, 3.8) is 0 Å². The summed E-state index contributed by atoms with van der Waals surface area (Å²) in [4.78, 5) is 30.1. The van der Waals surface area contributed by atoms with Gasteiger partial charge in [0, 0.05) is 36.8 Å². The second-order valence-electron chi connectivity index (χ2n) is 7.56. The first kappa shape index (κ1) is 20.8. The fraction of sp³-hybridized carbons (Fsp3) is 0.120. The molecule has 5 aromatic rings. The number of aryl methyl sites for hydroxylation is 1. The molecule has 1 N–H and O–H groups in total. The van der Waals surface area contributed by atoms with E-state index in [1.807, 2.05) is 76.9 Å². The minimum atomic E-state index is -0.140. The van der Waals surface area contributed by atoms with Gasteiger partial charge in [-0.2, -0.15) is 5.10 Å². The van der Waals surface area contributed by atoms with Crippen LogP contribution in [0.3, 0.4) is 0 Å². The van der Waals surface area contributed by atoms with E-state index in [1.165, 1.54) is 22.2 Å². The smallest absolute Gasteiger partial charge is 0.262 e. The Morgan fingerprint density at radius 3 is 2.55 bits per heavy atom. The number of benzene rings is 2. The zero-order chi connectivity index (χ0) is 22.6. The summed E-state index contributed by atoms with van der Waals surface area (Å²) < 4.78 is 3.31. The summed E-state index contributed by atoms with van der Waals surface area (Å²) in [5.41, 5.74) is 3.55. The molecule has 7 nitrogen and oxygen atoms in total. The number of nitrogens with one attached hydrogen (secondary N) is 1. The summed E-state index contributed by atoms with van der Waals surface area (Å²) >= 11 is 1.43. The van der Waals surface area contributed by atoms with Gasteiger partial charge in [-0.3, -0.25) is 14.2 Å². The Morgan fingerprint density at radius 2 is 1.76 bits per heavy atom. The highest BCUT2D eigenvalue weighted by Crippen LogP contribution is 2.23. The van der Waals surface area contributed by atoms with Crippen molar-refractivity contribution < 1.29 is 4.79 Å². The van der Waals surface area contributed by atoms with Crippen LogP contribution in [-0.4, -0.2) is 25.2 Å². The van der Waals surface area contributed by atoms with Crippen LogP contribution >= 0.6 is 11.3 Å². The van der Waals surface area contributed by atoms with Crippen molar-refractivity contribution in [3.05, 3.63) is 101 Å². The third-order valence-electron chi connectivity index (χ3n) is 5.36. The van der Waals surface area contributed by atoms with Crippen LogP contribution in [0.4, 0.5) is 0 Å². The summed E-state index contributed by atoms with van der Waals surface area (Å²) in [6.45, 7) is 0.616. The van der Waals surface area contributed by atoms with Gasteiger partial charge in [0.1, 0.15) is 4.83 Å². The van der Waals surface area contributed by atoms with E-state index in [0.717, 1.165) is 22.5 Å². The molecule has 0 aliphatic carbocycles. The molecule has 33 heavy (non-hydrogen) atoms. The number of carbonyl (C=O) groups excluding carboxylic acids is 1. The molecular formula is C25H21N5O2S. The van der Waals surface area contributed by atoms with E-state index in [9.17, 15) is 9.59 Å². The lowest BCUT2D eigenvalue weighted by Crippen LogP contribution is -2.27. The van der Waals surface area contributed by atoms with Gasteiger partial charge in [-0.1, -0.05) is 48.5 Å². The Bertz CT molecular complexity index is 1450. The second kappa shape index (κ2) is 9.22. The molecule has 2 aromatic carbocycles. The van der Waals surface area contributed by atoms with Gasteiger partial charge in [0.15, 0.2) is 0 Å². The molecule has 3 aromatic heterocycles. The van der Waals surface area contributed by atoms with Crippen molar-refractivity contribution in [1.82, 2.24) is 24.6 Å². The van der Waals surface area contributed by atoms with Gasteiger partial charge in [0.05, 0.1) is 23.1 Å². The van der Waals surface area contributed by atoms with Crippen LogP contribution < -0.4 is 10.9 Å². The van der Waals surface area contributed by atoms with Crippen molar-refractivity contribution in [2.45, 2.75) is 19.5 Å². The lowest BCUT2D eigenvalue weighted by Gasteiger charge is -2.07. The van der Waals surface area contributed by atoms with Gasteiger partial charge in [0.2, 0.25) is 5.91 Å². The first-order valence-electron chi connectivity index (χ1n) is 10.6. The Balaban J connectivity index is 1.31. The van der Waals surface area contributed by atoms with Crippen molar-refractivity contribution in [1.29, 1.82) is 0 Å². The van der Waals surface area contributed by atoms with Crippen LogP contribution in [0.1, 0.15) is 12.0 Å². The van der Waals surface area contributed by atoms with Crippen LogP contribution in [0.15, 0.2) is 89.4 Å². The Labute approximate surface area is 194 Å². The van der Waals surface area contributed by atoms with Crippen molar-refractivity contribution in [2.75, 3.05) is 0 Å². The molecular weight excluding hydrogens is 434 g/mol. The molecule has 0 saturated heterocycles. The Hall–Kier alpha value is -4.04. The number of hydrogen-bond acceptors (Lipinski definition) is 5. The highest BCUT2D eigenvalue weighted by molar-refractivity contribution is 7.16. The number of fused-ring (bicyclic) bond motifs is 1. The van der Waals surface area contributed by atoms with Crippen LogP contribution in [0, 0.1) is 0 Å². The monoisotopic (exact) mass is 455 g/mol. The molecule has 3 heterocycles. The van der Waals surface area contributed by atoms with Gasteiger partial charge in [0.25, 0.3) is 5.56 Å². The number of hydrogen-bond donors (Lipinski definition) is 1. The maximum Gasteiger partial charge on any atom is 0.262 e. The number of nitrogens with zero attached hydrogens (tertiary/aromatic N) is 4. The SMILES string of the molecule is O=C(CCn1cnc2sccc2c1=O)NCc1cn(-c2ccccc2)nc1-c1ccccc1. The number of thiophene rings is 1. The highest BCUT2D eigenvalue weighted by atomic mass is 32.1. The highest BCUT2D eigenvalue weighted by Gasteiger charge is 2.14. The molecule has 0 bridgehead atoms. The summed E-state index contributed by atoms with van der Waals surface area (Å²) in [6.07, 6.45) is 3.63. The van der Waals surface area contributed by atoms with Gasteiger partial charge in [-0.15, -0.1) is 11.3 Å². The second-order valence-corrected chi connectivity index (χ2v) is 8.45. The summed E-state index contributed by atoms with van der Waals surface area (Å²) in [5.74, 6) is -0.140. The molecule has 164 valence electrons. The molecule has 0 fully saturated rings. The zero-order valence-corrected chi connectivity index (χ0v) is 18.5. The fourth-order valence-electron chi connectivity index (χ4n) is 3.65. The van der Waals surface area contributed by atoms with Crippen LogP contribution in [0.5, 0.6) is 0 Å². The molecule has 1 amide bonds. The van der Waals surface area contributed by atoms with Crippen LogP contribution in [0.2, 0.25) is 0 Å². The Kier molecular flexibility index (Phi) is 5.82. The molecule has 0 spiro atoms. The van der Waals surface area contributed by atoms with E-state index >= 15 is 0 Å². The summed E-state index contributed by atoms with van der Waals surface area (Å²) in [6, 6.07) is 21.5.